The van der Waals surface area contributed by atoms with Crippen molar-refractivity contribution >= 4 is 17.8 Å². The molecule has 0 saturated carbocycles. The van der Waals surface area contributed by atoms with E-state index in [4.69, 9.17) is 5.11 Å². The number of carboxylic acids is 1. The van der Waals surface area contributed by atoms with Crippen LogP contribution in [0.3, 0.4) is 0 Å². The summed E-state index contributed by atoms with van der Waals surface area (Å²) < 4.78 is 0. The molecule has 1 aliphatic rings. The molecule has 0 saturated heterocycles. The first kappa shape index (κ1) is 23.9. The van der Waals surface area contributed by atoms with Crippen LogP contribution < -0.4 is 5.43 Å². The number of benzene rings is 2. The number of hydrogen-bond donors (Lipinski definition) is 4. The molecule has 4 rings (SSSR count). The van der Waals surface area contributed by atoms with Crippen molar-refractivity contribution in [1.82, 2.24) is 25.5 Å². The molecule has 0 bridgehead atoms. The Kier molecular flexibility index (Phi) is 7.34. The molecule has 2 heterocycles. The molecule has 35 heavy (non-hydrogen) atoms. The average molecular weight is 476 g/mol. The van der Waals surface area contributed by atoms with Gasteiger partial charge in [0.1, 0.15) is 5.69 Å². The van der Waals surface area contributed by atoms with E-state index in [-0.39, 0.29) is 30.4 Å². The van der Waals surface area contributed by atoms with Gasteiger partial charge in [-0.2, -0.15) is 5.10 Å². The maximum absolute atomic E-state index is 12.8. The summed E-state index contributed by atoms with van der Waals surface area (Å²) in [4.78, 5) is 38.0. The summed E-state index contributed by atoms with van der Waals surface area (Å²) in [5.41, 5.74) is 5.59. The lowest BCUT2D eigenvalue weighted by Gasteiger charge is -2.24. The number of carbonyl (C=O) groups is 3. The van der Waals surface area contributed by atoms with Crippen LogP contribution in [0.2, 0.25) is 0 Å². The zero-order valence-corrected chi connectivity index (χ0v) is 18.8. The molecule has 0 aliphatic carbocycles. The van der Waals surface area contributed by atoms with Crippen LogP contribution in [0.4, 0.5) is 0 Å². The molecular formula is C25H25N5O5. The summed E-state index contributed by atoms with van der Waals surface area (Å²) in [7, 11) is 0. The molecular weight excluding hydrogens is 450 g/mol. The van der Waals surface area contributed by atoms with E-state index in [2.05, 4.69) is 15.6 Å². The molecule has 1 atom stereocenters. The molecule has 1 aliphatic heterocycles. The molecule has 4 N–H and O–H groups in total. The Bertz CT molecular complexity index is 1210. The summed E-state index contributed by atoms with van der Waals surface area (Å²) >= 11 is 0. The van der Waals surface area contributed by atoms with Gasteiger partial charge in [-0.05, 0) is 16.7 Å². The Hall–Kier alpha value is -4.28. The highest BCUT2D eigenvalue weighted by molar-refractivity contribution is 5.97. The fourth-order valence-corrected chi connectivity index (χ4v) is 3.65. The maximum Gasteiger partial charge on any atom is 0.333 e. The summed E-state index contributed by atoms with van der Waals surface area (Å²) in [6, 6.07) is 18.8. The third-order valence-corrected chi connectivity index (χ3v) is 5.52. The van der Waals surface area contributed by atoms with Crippen molar-refractivity contribution in [3.8, 4) is 11.1 Å². The minimum Gasteiger partial charge on any atom is -0.479 e. The molecule has 2 aromatic carbocycles. The maximum atomic E-state index is 12.8. The first-order chi connectivity index (χ1) is 16.9. The van der Waals surface area contributed by atoms with Crippen molar-refractivity contribution < 1.29 is 24.6 Å². The number of aliphatic hydroxyl groups excluding tert-OH is 1. The Morgan fingerprint density at radius 2 is 1.69 bits per heavy atom. The number of rotatable bonds is 9. The number of nitrogens with one attached hydrogen (secondary N) is 2. The number of aliphatic hydroxyl groups is 1. The zero-order valence-electron chi connectivity index (χ0n) is 18.8. The van der Waals surface area contributed by atoms with Crippen LogP contribution in [-0.4, -0.2) is 73.8 Å². The number of carbonyl (C=O) groups excluding carboxylic acids is 2. The minimum atomic E-state index is -1.71. The zero-order chi connectivity index (χ0) is 24.8. The van der Waals surface area contributed by atoms with Crippen molar-refractivity contribution in [3.63, 3.8) is 0 Å². The second-order valence-electron chi connectivity index (χ2n) is 8.09. The smallest absolute Gasteiger partial charge is 0.333 e. The van der Waals surface area contributed by atoms with Crippen molar-refractivity contribution in [2.45, 2.75) is 12.6 Å². The van der Waals surface area contributed by atoms with E-state index in [0.29, 0.717) is 13.1 Å². The van der Waals surface area contributed by atoms with Crippen molar-refractivity contribution in [1.29, 1.82) is 0 Å². The quantitative estimate of drug-likeness (QED) is 0.273. The number of H-pyrrole nitrogens is 1. The lowest BCUT2D eigenvalue weighted by molar-refractivity contribution is -0.148. The summed E-state index contributed by atoms with van der Waals surface area (Å²) in [5, 5.41) is 26.8. The number of amides is 2. The van der Waals surface area contributed by atoms with E-state index >= 15 is 0 Å². The van der Waals surface area contributed by atoms with Crippen LogP contribution in [0.15, 0.2) is 72.8 Å². The van der Waals surface area contributed by atoms with Crippen LogP contribution in [0.1, 0.15) is 26.5 Å². The number of hydrogen-bond acceptors (Lipinski definition) is 6. The summed E-state index contributed by atoms with van der Waals surface area (Å²) in [5.74, 6) is -2.33. The third kappa shape index (κ3) is 5.99. The van der Waals surface area contributed by atoms with Gasteiger partial charge in [-0.1, -0.05) is 66.7 Å². The predicted molar refractivity (Wildman–Crippen MR) is 127 cm³/mol. The second kappa shape index (κ2) is 10.8. The largest absolute Gasteiger partial charge is 0.479 e. The van der Waals surface area contributed by atoms with Crippen molar-refractivity contribution in [2.24, 2.45) is 0 Å². The Morgan fingerprint density at radius 1 is 1.03 bits per heavy atom. The van der Waals surface area contributed by atoms with Gasteiger partial charge in [0.05, 0.1) is 6.54 Å². The van der Waals surface area contributed by atoms with Gasteiger partial charge in [0.25, 0.3) is 11.8 Å². The molecule has 0 fully saturated rings. The van der Waals surface area contributed by atoms with Crippen LogP contribution >= 0.6 is 0 Å². The van der Waals surface area contributed by atoms with Gasteiger partial charge >= 0.3 is 5.97 Å². The normalized spacial score (nSPS) is 13.7. The topological polar surface area (TPSA) is 139 Å². The van der Waals surface area contributed by atoms with Crippen LogP contribution in [0.5, 0.6) is 0 Å². The second-order valence-corrected chi connectivity index (χ2v) is 8.09. The number of aromatic amines is 1. The molecule has 0 spiro atoms. The van der Waals surface area contributed by atoms with E-state index in [1.807, 2.05) is 66.7 Å². The molecule has 1 aromatic heterocycles. The van der Waals surface area contributed by atoms with Gasteiger partial charge in [0.15, 0.2) is 11.8 Å². The molecule has 2 amide bonds. The van der Waals surface area contributed by atoms with Gasteiger partial charge in [0.2, 0.25) is 0 Å². The van der Waals surface area contributed by atoms with E-state index in [1.165, 1.54) is 11.1 Å². The van der Waals surface area contributed by atoms with Crippen LogP contribution in [0.25, 0.3) is 11.1 Å². The molecule has 180 valence electrons. The van der Waals surface area contributed by atoms with E-state index in [1.54, 1.807) is 4.90 Å². The molecule has 10 heteroatoms. The SMILES string of the molecule is O=C(NN(Cc1ccc(-c2ccccc2)cc1)C[C@@H](O)C(=O)O)c1cc(C(=O)N2CC=CC2)[nH]n1. The van der Waals surface area contributed by atoms with Crippen LogP contribution in [-0.2, 0) is 11.3 Å². The molecule has 3 aromatic rings. The van der Waals surface area contributed by atoms with Gasteiger partial charge < -0.3 is 15.1 Å². The highest BCUT2D eigenvalue weighted by Crippen LogP contribution is 2.20. The minimum absolute atomic E-state index is 0.0326. The Balaban J connectivity index is 1.45. The average Bonchev–Trinajstić information content (AvgIpc) is 3.57. The summed E-state index contributed by atoms with van der Waals surface area (Å²) in [6.45, 7) is 0.768. The van der Waals surface area contributed by atoms with Gasteiger partial charge in [-0.25, -0.2) is 9.80 Å². The van der Waals surface area contributed by atoms with E-state index < -0.39 is 18.0 Å². The predicted octanol–water partition coefficient (Wildman–Crippen LogP) is 1.68. The highest BCUT2D eigenvalue weighted by atomic mass is 16.4. The van der Waals surface area contributed by atoms with Gasteiger partial charge in [0, 0.05) is 25.7 Å². The fourth-order valence-electron chi connectivity index (χ4n) is 3.65. The number of aliphatic carboxylic acids is 1. The molecule has 0 radical (unpaired) electrons. The number of hydrazine groups is 1. The van der Waals surface area contributed by atoms with Crippen molar-refractivity contribution in [3.05, 3.63) is 89.8 Å². The lowest BCUT2D eigenvalue weighted by atomic mass is 10.0. The van der Waals surface area contributed by atoms with Crippen molar-refractivity contribution in [2.75, 3.05) is 19.6 Å². The first-order valence-electron chi connectivity index (χ1n) is 11.0. The monoisotopic (exact) mass is 475 g/mol. The third-order valence-electron chi connectivity index (χ3n) is 5.52. The number of carboxylic acid groups (broad SMARTS) is 1. The van der Waals surface area contributed by atoms with Gasteiger partial charge in [-0.3, -0.25) is 20.1 Å². The Labute approximate surface area is 201 Å². The van der Waals surface area contributed by atoms with E-state index in [9.17, 15) is 19.5 Å². The first-order valence-corrected chi connectivity index (χ1v) is 11.0. The number of aromatic nitrogens is 2. The summed E-state index contributed by atoms with van der Waals surface area (Å²) in [6.07, 6.45) is 2.04. The number of nitrogens with zero attached hydrogens (tertiary/aromatic N) is 3. The fraction of sp³-hybridized carbons (Fsp3) is 0.200. The Morgan fingerprint density at radius 3 is 2.34 bits per heavy atom. The molecule has 0 unspecified atom stereocenters. The van der Waals surface area contributed by atoms with E-state index in [0.717, 1.165) is 16.7 Å². The van der Waals surface area contributed by atoms with Gasteiger partial charge in [-0.15, -0.1) is 0 Å². The standard InChI is InChI=1S/C25H25N5O5/c31-22(25(34)35)16-30(15-17-8-10-19(11-9-17)18-6-2-1-3-7-18)28-23(32)20-14-21(27-26-20)24(33)29-12-4-5-13-29/h1-11,14,22,31H,12-13,15-16H2,(H,26,27)(H,28,32)(H,34,35)/t22-/m1/s1. The lowest BCUT2D eigenvalue weighted by Crippen LogP contribution is -2.47. The highest BCUT2D eigenvalue weighted by Gasteiger charge is 2.24. The van der Waals surface area contributed by atoms with Crippen LogP contribution in [0, 0.1) is 0 Å². The molecule has 10 nitrogen and oxygen atoms in total.